The second-order valence-corrected chi connectivity index (χ2v) is 6.68. The molecule has 2 nitrogen and oxygen atoms in total. The molecule has 1 fully saturated rings. The van der Waals surface area contributed by atoms with Crippen LogP contribution in [0.5, 0.6) is 0 Å². The lowest BCUT2D eigenvalue weighted by molar-refractivity contribution is 0.000769. The van der Waals surface area contributed by atoms with Gasteiger partial charge in [-0.3, -0.25) is 4.90 Å². The first-order valence-electron chi connectivity index (χ1n) is 9.29. The molecule has 2 atom stereocenters. The molecule has 1 saturated heterocycles. The quantitative estimate of drug-likeness (QED) is 0.747. The highest BCUT2D eigenvalue weighted by Gasteiger charge is 2.24. The van der Waals surface area contributed by atoms with E-state index in [1.165, 1.54) is 24.8 Å². The number of piperidine rings is 1. The van der Waals surface area contributed by atoms with Crippen molar-refractivity contribution in [2.75, 3.05) is 13.1 Å². The summed E-state index contributed by atoms with van der Waals surface area (Å²) in [5.41, 5.74) is 2.28. The monoisotopic (exact) mass is 333 g/mol. The van der Waals surface area contributed by atoms with E-state index in [1.54, 1.807) is 0 Å². The molecule has 0 aliphatic carbocycles. The second kappa shape index (κ2) is 9.42. The zero-order chi connectivity index (χ0) is 17.3. The average Bonchev–Trinajstić information content (AvgIpc) is 2.69. The highest BCUT2D eigenvalue weighted by molar-refractivity contribution is 5.35. The summed E-state index contributed by atoms with van der Waals surface area (Å²) >= 11 is 0. The average molecular weight is 333 g/mol. The third-order valence-electron chi connectivity index (χ3n) is 4.72. The standard InChI is InChI=1S/C23H27NO/c1-20(25-19-22-13-7-3-8-14-22)23(24-17-9-4-10-18-24)16-15-21-11-5-2-6-12-21/h2-3,5-8,11-14,20,23H,4,9-10,17-19H2,1H3. The van der Waals surface area contributed by atoms with Gasteiger partial charge >= 0.3 is 0 Å². The van der Waals surface area contributed by atoms with Gasteiger partial charge in [0.25, 0.3) is 0 Å². The Morgan fingerprint density at radius 3 is 2.24 bits per heavy atom. The summed E-state index contributed by atoms with van der Waals surface area (Å²) in [5, 5.41) is 0. The van der Waals surface area contributed by atoms with Crippen LogP contribution in [0.1, 0.15) is 37.3 Å². The second-order valence-electron chi connectivity index (χ2n) is 6.68. The minimum absolute atomic E-state index is 0.0783. The van der Waals surface area contributed by atoms with Crippen LogP contribution in [0.25, 0.3) is 0 Å². The van der Waals surface area contributed by atoms with E-state index >= 15 is 0 Å². The van der Waals surface area contributed by atoms with Crippen molar-refractivity contribution in [1.29, 1.82) is 0 Å². The minimum atomic E-state index is 0.0783. The van der Waals surface area contributed by atoms with E-state index in [1.807, 2.05) is 24.3 Å². The number of likely N-dealkylation sites (tertiary alicyclic amines) is 1. The maximum atomic E-state index is 6.19. The van der Waals surface area contributed by atoms with E-state index in [2.05, 4.69) is 60.1 Å². The maximum absolute atomic E-state index is 6.19. The van der Waals surface area contributed by atoms with Gasteiger partial charge in [0.05, 0.1) is 18.8 Å². The van der Waals surface area contributed by atoms with E-state index < -0.39 is 0 Å². The third kappa shape index (κ3) is 5.46. The van der Waals surface area contributed by atoms with Gasteiger partial charge in [0, 0.05) is 5.56 Å². The summed E-state index contributed by atoms with van der Waals surface area (Å²) in [4.78, 5) is 2.50. The van der Waals surface area contributed by atoms with Crippen LogP contribution in [0.15, 0.2) is 60.7 Å². The van der Waals surface area contributed by atoms with E-state index in [4.69, 9.17) is 4.74 Å². The van der Waals surface area contributed by atoms with Gasteiger partial charge in [0.2, 0.25) is 0 Å². The lowest BCUT2D eigenvalue weighted by Crippen LogP contribution is -2.45. The largest absolute Gasteiger partial charge is 0.371 e. The lowest BCUT2D eigenvalue weighted by Gasteiger charge is -2.34. The predicted molar refractivity (Wildman–Crippen MR) is 103 cm³/mol. The van der Waals surface area contributed by atoms with Crippen molar-refractivity contribution in [3.05, 3.63) is 71.8 Å². The molecule has 0 radical (unpaired) electrons. The van der Waals surface area contributed by atoms with Gasteiger partial charge in [0.1, 0.15) is 0 Å². The number of nitrogens with zero attached hydrogens (tertiary/aromatic N) is 1. The summed E-state index contributed by atoms with van der Waals surface area (Å²) in [7, 11) is 0. The molecule has 0 aromatic heterocycles. The van der Waals surface area contributed by atoms with E-state index in [0.29, 0.717) is 6.61 Å². The zero-order valence-corrected chi connectivity index (χ0v) is 15.0. The highest BCUT2D eigenvalue weighted by Crippen LogP contribution is 2.17. The minimum Gasteiger partial charge on any atom is -0.371 e. The van der Waals surface area contributed by atoms with Gasteiger partial charge in [-0.05, 0) is 50.6 Å². The Morgan fingerprint density at radius 2 is 1.56 bits per heavy atom. The summed E-state index contributed by atoms with van der Waals surface area (Å²) in [6.07, 6.45) is 3.92. The summed E-state index contributed by atoms with van der Waals surface area (Å²) in [6.45, 7) is 5.03. The molecule has 2 aromatic carbocycles. The van der Waals surface area contributed by atoms with Crippen molar-refractivity contribution >= 4 is 0 Å². The van der Waals surface area contributed by atoms with Crippen LogP contribution >= 0.6 is 0 Å². The van der Waals surface area contributed by atoms with Crippen LogP contribution in [0.3, 0.4) is 0 Å². The summed E-state index contributed by atoms with van der Waals surface area (Å²) in [5.74, 6) is 6.84. The van der Waals surface area contributed by atoms with Crippen LogP contribution in [-0.2, 0) is 11.3 Å². The Balaban J connectivity index is 1.70. The van der Waals surface area contributed by atoms with Crippen LogP contribution in [0, 0.1) is 11.8 Å². The Morgan fingerprint density at radius 1 is 0.920 bits per heavy atom. The van der Waals surface area contributed by atoms with Crippen LogP contribution in [0.4, 0.5) is 0 Å². The first kappa shape index (κ1) is 17.7. The smallest absolute Gasteiger partial charge is 0.0981 e. The third-order valence-corrected chi connectivity index (χ3v) is 4.72. The first-order chi connectivity index (χ1) is 12.3. The Kier molecular flexibility index (Phi) is 6.68. The molecule has 3 rings (SSSR count). The Labute approximate surface area is 151 Å². The molecule has 2 heteroatoms. The maximum Gasteiger partial charge on any atom is 0.0981 e. The van der Waals surface area contributed by atoms with Crippen LogP contribution in [0.2, 0.25) is 0 Å². The van der Waals surface area contributed by atoms with Crippen molar-refractivity contribution in [2.45, 2.75) is 44.9 Å². The van der Waals surface area contributed by atoms with Crippen LogP contribution in [-0.4, -0.2) is 30.1 Å². The van der Waals surface area contributed by atoms with E-state index in [-0.39, 0.29) is 12.1 Å². The molecule has 25 heavy (non-hydrogen) atoms. The van der Waals surface area contributed by atoms with Gasteiger partial charge in [-0.1, -0.05) is 66.8 Å². The van der Waals surface area contributed by atoms with Gasteiger partial charge in [-0.15, -0.1) is 0 Å². The van der Waals surface area contributed by atoms with E-state index in [9.17, 15) is 0 Å². The molecule has 0 amide bonds. The molecular formula is C23H27NO. The molecule has 2 aromatic rings. The molecule has 2 unspecified atom stereocenters. The van der Waals surface area contributed by atoms with Crippen molar-refractivity contribution in [3.63, 3.8) is 0 Å². The molecular weight excluding hydrogens is 306 g/mol. The zero-order valence-electron chi connectivity index (χ0n) is 15.0. The van der Waals surface area contributed by atoms with E-state index in [0.717, 1.165) is 18.7 Å². The molecule has 0 bridgehead atoms. The van der Waals surface area contributed by atoms with Gasteiger partial charge < -0.3 is 4.74 Å². The number of ether oxygens (including phenoxy) is 1. The van der Waals surface area contributed by atoms with Crippen molar-refractivity contribution in [1.82, 2.24) is 4.90 Å². The normalized spacial score (nSPS) is 17.3. The number of rotatable bonds is 5. The SMILES string of the molecule is CC(OCc1ccccc1)C(C#Cc1ccccc1)N1CCCCC1. The molecule has 1 aliphatic rings. The topological polar surface area (TPSA) is 12.5 Å². The van der Waals surface area contributed by atoms with Gasteiger partial charge in [-0.25, -0.2) is 0 Å². The van der Waals surface area contributed by atoms with Crippen molar-refractivity contribution in [2.24, 2.45) is 0 Å². The highest BCUT2D eigenvalue weighted by atomic mass is 16.5. The number of hydrogen-bond acceptors (Lipinski definition) is 2. The molecule has 130 valence electrons. The van der Waals surface area contributed by atoms with Crippen LogP contribution < -0.4 is 0 Å². The lowest BCUT2D eigenvalue weighted by atomic mass is 10.0. The summed E-state index contributed by atoms with van der Waals surface area (Å²) in [6, 6.07) is 20.7. The van der Waals surface area contributed by atoms with Crippen molar-refractivity contribution < 1.29 is 4.74 Å². The molecule has 0 N–H and O–H groups in total. The molecule has 1 aliphatic heterocycles. The number of hydrogen-bond donors (Lipinski definition) is 0. The molecule has 1 heterocycles. The number of benzene rings is 2. The Hall–Kier alpha value is -2.08. The van der Waals surface area contributed by atoms with Crippen molar-refractivity contribution in [3.8, 4) is 11.8 Å². The fourth-order valence-electron chi connectivity index (χ4n) is 3.27. The predicted octanol–water partition coefficient (Wildman–Crippen LogP) is 4.50. The fourth-order valence-corrected chi connectivity index (χ4v) is 3.27. The van der Waals surface area contributed by atoms with Gasteiger partial charge in [0.15, 0.2) is 0 Å². The first-order valence-corrected chi connectivity index (χ1v) is 9.29. The molecule has 0 spiro atoms. The molecule has 0 saturated carbocycles. The fraction of sp³-hybridized carbons (Fsp3) is 0.391. The van der Waals surface area contributed by atoms with Gasteiger partial charge in [-0.2, -0.15) is 0 Å². The Bertz CT molecular complexity index is 680. The summed E-state index contributed by atoms with van der Waals surface area (Å²) < 4.78 is 6.19.